The van der Waals surface area contributed by atoms with E-state index in [1.165, 1.54) is 4.90 Å². The van der Waals surface area contributed by atoms with Crippen LogP contribution in [0.5, 0.6) is 0 Å². The molecule has 0 unspecified atom stereocenters. The smallest absolute Gasteiger partial charge is 0.243 e. The van der Waals surface area contributed by atoms with Crippen molar-refractivity contribution in [2.45, 2.75) is 26.7 Å². The van der Waals surface area contributed by atoms with Crippen LogP contribution in [0.3, 0.4) is 0 Å². The van der Waals surface area contributed by atoms with E-state index in [1.807, 2.05) is 62.5 Å². The third-order valence-electron chi connectivity index (χ3n) is 4.76. The molecule has 0 saturated heterocycles. The first-order chi connectivity index (χ1) is 12.9. The number of anilines is 1. The lowest BCUT2D eigenvalue weighted by Gasteiger charge is -2.17. The zero-order valence-corrected chi connectivity index (χ0v) is 16.0. The van der Waals surface area contributed by atoms with Gasteiger partial charge in [0.2, 0.25) is 11.8 Å². The van der Waals surface area contributed by atoms with E-state index in [9.17, 15) is 9.59 Å². The van der Waals surface area contributed by atoms with Crippen molar-refractivity contribution in [1.82, 2.24) is 9.88 Å². The van der Waals surface area contributed by atoms with Gasteiger partial charge in [0.1, 0.15) is 0 Å². The van der Waals surface area contributed by atoms with Crippen LogP contribution in [-0.4, -0.2) is 35.3 Å². The Morgan fingerprint density at radius 2 is 1.89 bits per heavy atom. The number of benzene rings is 2. The number of aromatic nitrogens is 1. The molecule has 5 heteroatoms. The average Bonchev–Trinajstić information content (AvgIpc) is 3.06. The van der Waals surface area contributed by atoms with Crippen molar-refractivity contribution in [3.63, 3.8) is 0 Å². The number of carbonyl (C=O) groups is 2. The van der Waals surface area contributed by atoms with Gasteiger partial charge in [0, 0.05) is 36.3 Å². The molecule has 0 spiro atoms. The molecule has 0 aliphatic carbocycles. The topological polar surface area (TPSA) is 65.2 Å². The molecular formula is C22H25N3O2. The average molecular weight is 363 g/mol. The molecule has 0 radical (unpaired) electrons. The predicted octanol–water partition coefficient (Wildman–Crippen LogP) is 3.81. The number of nitrogens with one attached hydrogen (secondary N) is 2. The number of hydrogen-bond donors (Lipinski definition) is 2. The Kier molecular flexibility index (Phi) is 5.60. The molecule has 1 heterocycles. The van der Waals surface area contributed by atoms with E-state index in [1.54, 1.807) is 7.05 Å². The van der Waals surface area contributed by atoms with Crippen molar-refractivity contribution in [2.75, 3.05) is 18.9 Å². The van der Waals surface area contributed by atoms with E-state index < -0.39 is 0 Å². The zero-order chi connectivity index (χ0) is 19.4. The van der Waals surface area contributed by atoms with Crippen LogP contribution in [-0.2, 0) is 16.0 Å². The number of rotatable bonds is 6. The first kappa shape index (κ1) is 18.7. The minimum Gasteiger partial charge on any atom is -0.361 e. The number of likely N-dealkylation sites (N-methyl/N-ethyl adjacent to an activating group) is 1. The Morgan fingerprint density at radius 1 is 1.11 bits per heavy atom. The summed E-state index contributed by atoms with van der Waals surface area (Å²) in [6, 6.07) is 14.0. The lowest BCUT2D eigenvalue weighted by molar-refractivity contribution is -0.133. The number of carbonyl (C=O) groups excluding carboxylic acids is 2. The molecule has 0 atom stereocenters. The molecule has 5 nitrogen and oxygen atoms in total. The van der Waals surface area contributed by atoms with Gasteiger partial charge in [-0.2, -0.15) is 0 Å². The van der Waals surface area contributed by atoms with Gasteiger partial charge in [0.15, 0.2) is 0 Å². The second-order valence-corrected chi connectivity index (χ2v) is 6.98. The van der Waals surface area contributed by atoms with Crippen LogP contribution >= 0.6 is 0 Å². The van der Waals surface area contributed by atoms with Gasteiger partial charge in [-0.15, -0.1) is 0 Å². The quantitative estimate of drug-likeness (QED) is 0.699. The maximum absolute atomic E-state index is 12.4. The van der Waals surface area contributed by atoms with Gasteiger partial charge in [0.05, 0.1) is 6.54 Å². The summed E-state index contributed by atoms with van der Waals surface area (Å²) in [5, 5.41) is 4.03. The van der Waals surface area contributed by atoms with Gasteiger partial charge in [-0.1, -0.05) is 30.3 Å². The summed E-state index contributed by atoms with van der Waals surface area (Å²) in [6.45, 7) is 3.97. The van der Waals surface area contributed by atoms with Crippen LogP contribution < -0.4 is 5.32 Å². The lowest BCUT2D eigenvalue weighted by Crippen LogP contribution is -2.35. The van der Waals surface area contributed by atoms with Crippen molar-refractivity contribution in [3.8, 4) is 0 Å². The summed E-state index contributed by atoms with van der Waals surface area (Å²) < 4.78 is 0. The highest BCUT2D eigenvalue weighted by molar-refractivity contribution is 5.95. The molecule has 0 bridgehead atoms. The maximum Gasteiger partial charge on any atom is 0.243 e. The van der Waals surface area contributed by atoms with Crippen molar-refractivity contribution in [1.29, 1.82) is 0 Å². The summed E-state index contributed by atoms with van der Waals surface area (Å²) in [5.74, 6) is -0.233. The van der Waals surface area contributed by atoms with E-state index in [0.717, 1.165) is 33.3 Å². The Morgan fingerprint density at radius 3 is 2.70 bits per heavy atom. The minimum atomic E-state index is -0.188. The molecule has 1 aromatic heterocycles. The molecule has 140 valence electrons. The second kappa shape index (κ2) is 8.08. The Hall–Kier alpha value is -3.08. The van der Waals surface area contributed by atoms with Gasteiger partial charge < -0.3 is 15.2 Å². The molecule has 0 fully saturated rings. The molecule has 2 aromatic carbocycles. The predicted molar refractivity (Wildman–Crippen MR) is 109 cm³/mol. The Labute approximate surface area is 159 Å². The summed E-state index contributed by atoms with van der Waals surface area (Å²) >= 11 is 0. The number of H-pyrrole nitrogens is 1. The van der Waals surface area contributed by atoms with Crippen LogP contribution in [0, 0.1) is 13.8 Å². The number of aromatic amines is 1. The van der Waals surface area contributed by atoms with Gasteiger partial charge in [-0.25, -0.2) is 0 Å². The van der Waals surface area contributed by atoms with Crippen LogP contribution in [0.2, 0.25) is 0 Å². The van der Waals surface area contributed by atoms with E-state index in [4.69, 9.17) is 0 Å². The SMILES string of the molecule is Cc1ccc(C)c(NC(=O)CN(C)C(=O)CCc2c[nH]c3ccccc23)c1. The van der Waals surface area contributed by atoms with Crippen LogP contribution in [0.25, 0.3) is 10.9 Å². The fraction of sp³-hybridized carbons (Fsp3) is 0.273. The maximum atomic E-state index is 12.4. The van der Waals surface area contributed by atoms with Crippen molar-refractivity contribution in [2.24, 2.45) is 0 Å². The van der Waals surface area contributed by atoms with Crippen LogP contribution in [0.1, 0.15) is 23.1 Å². The molecule has 0 aliphatic heterocycles. The largest absolute Gasteiger partial charge is 0.361 e. The summed E-state index contributed by atoms with van der Waals surface area (Å²) in [5.41, 5.74) is 5.06. The van der Waals surface area contributed by atoms with E-state index in [2.05, 4.69) is 10.3 Å². The molecule has 2 N–H and O–H groups in total. The number of hydrogen-bond acceptors (Lipinski definition) is 2. The summed E-state index contributed by atoms with van der Waals surface area (Å²) in [4.78, 5) is 29.4. The highest BCUT2D eigenvalue weighted by Gasteiger charge is 2.14. The molecule has 2 amide bonds. The zero-order valence-electron chi connectivity index (χ0n) is 16.0. The lowest BCUT2D eigenvalue weighted by atomic mass is 10.1. The second-order valence-electron chi connectivity index (χ2n) is 6.98. The third kappa shape index (κ3) is 4.56. The van der Waals surface area contributed by atoms with E-state index in [-0.39, 0.29) is 18.4 Å². The minimum absolute atomic E-state index is 0.0418. The Balaban J connectivity index is 1.54. The van der Waals surface area contributed by atoms with Crippen molar-refractivity contribution in [3.05, 3.63) is 65.4 Å². The molecule has 0 aliphatic rings. The van der Waals surface area contributed by atoms with Crippen LogP contribution in [0.15, 0.2) is 48.7 Å². The van der Waals surface area contributed by atoms with Gasteiger partial charge in [-0.05, 0) is 49.1 Å². The van der Waals surface area contributed by atoms with Crippen molar-refractivity contribution < 1.29 is 9.59 Å². The highest BCUT2D eigenvalue weighted by atomic mass is 16.2. The van der Waals surface area contributed by atoms with Crippen molar-refractivity contribution >= 4 is 28.4 Å². The van der Waals surface area contributed by atoms with Gasteiger partial charge in [-0.3, -0.25) is 9.59 Å². The summed E-state index contributed by atoms with van der Waals surface area (Å²) in [7, 11) is 1.67. The third-order valence-corrected chi connectivity index (χ3v) is 4.76. The van der Waals surface area contributed by atoms with E-state index in [0.29, 0.717) is 12.8 Å². The standard InChI is InChI=1S/C22H25N3O2/c1-15-8-9-16(2)20(12-15)24-21(26)14-25(3)22(27)11-10-17-13-23-19-7-5-4-6-18(17)19/h4-9,12-13,23H,10-11,14H2,1-3H3,(H,24,26). The normalized spacial score (nSPS) is 10.8. The number of para-hydroxylation sites is 1. The number of amides is 2. The highest BCUT2D eigenvalue weighted by Crippen LogP contribution is 2.19. The number of nitrogens with zero attached hydrogens (tertiary/aromatic N) is 1. The molecule has 27 heavy (non-hydrogen) atoms. The number of aryl methyl sites for hydroxylation is 3. The molecule has 3 rings (SSSR count). The number of fused-ring (bicyclic) bond motifs is 1. The van der Waals surface area contributed by atoms with Gasteiger partial charge >= 0.3 is 0 Å². The first-order valence-corrected chi connectivity index (χ1v) is 9.10. The molecule has 3 aromatic rings. The van der Waals surface area contributed by atoms with E-state index >= 15 is 0 Å². The molecular weight excluding hydrogens is 338 g/mol. The van der Waals surface area contributed by atoms with Gasteiger partial charge in [0.25, 0.3) is 0 Å². The first-order valence-electron chi connectivity index (χ1n) is 9.10. The van der Waals surface area contributed by atoms with Crippen LogP contribution in [0.4, 0.5) is 5.69 Å². The summed E-state index contributed by atoms with van der Waals surface area (Å²) in [6.07, 6.45) is 2.96. The fourth-order valence-corrected chi connectivity index (χ4v) is 3.13. The molecule has 0 saturated carbocycles. The fourth-order valence-electron chi connectivity index (χ4n) is 3.13. The monoisotopic (exact) mass is 363 g/mol. The Bertz CT molecular complexity index is 975.